The molecule has 10 heteroatoms. The van der Waals surface area contributed by atoms with Crippen LogP contribution in [0.25, 0.3) is 11.3 Å². The van der Waals surface area contributed by atoms with Gasteiger partial charge in [-0.05, 0) is 18.1 Å². The molecule has 1 unspecified atom stereocenters. The molecule has 3 N–H and O–H groups in total. The van der Waals surface area contributed by atoms with Crippen LogP contribution in [0.5, 0.6) is 0 Å². The zero-order valence-electron chi connectivity index (χ0n) is 15.7. The second-order valence-corrected chi connectivity index (χ2v) is 6.18. The maximum absolute atomic E-state index is 13.5. The van der Waals surface area contributed by atoms with Gasteiger partial charge < -0.3 is 15.7 Å². The van der Waals surface area contributed by atoms with Gasteiger partial charge in [0.25, 0.3) is 0 Å². The van der Waals surface area contributed by atoms with Gasteiger partial charge in [0.15, 0.2) is 0 Å². The number of alkyl halides is 2. The van der Waals surface area contributed by atoms with E-state index in [9.17, 15) is 18.4 Å². The number of rotatable bonds is 9. The summed E-state index contributed by atoms with van der Waals surface area (Å²) in [5.74, 6) is -0.977. The van der Waals surface area contributed by atoms with E-state index in [1.807, 2.05) is 0 Å². The number of carboxylic acid groups (broad SMARTS) is 1. The van der Waals surface area contributed by atoms with Crippen molar-refractivity contribution in [3.05, 3.63) is 55.5 Å². The van der Waals surface area contributed by atoms with Crippen molar-refractivity contribution in [3.8, 4) is 11.3 Å². The summed E-state index contributed by atoms with van der Waals surface area (Å²) in [5, 5.41) is 17.6. The van der Waals surface area contributed by atoms with E-state index >= 15 is 0 Å². The molecule has 0 aromatic carbocycles. The number of nitrogens with zero attached hydrogens (tertiary/aromatic N) is 3. The van der Waals surface area contributed by atoms with Crippen molar-refractivity contribution in [2.45, 2.75) is 25.9 Å². The molecule has 0 spiro atoms. The first kappa shape index (κ1) is 21.7. The number of halogens is 2. The molecule has 0 fully saturated rings. The molecule has 0 aliphatic heterocycles. The minimum atomic E-state index is -2.96. The molecule has 2 aromatic heterocycles. The highest BCUT2D eigenvalue weighted by atomic mass is 19.3. The molecule has 2 rings (SSSR count). The van der Waals surface area contributed by atoms with E-state index in [2.05, 4.69) is 33.9 Å². The SMILES string of the molecule is C=CC[C@H](NC(=O)O)c1cncc(-c2c(NC(=O)C(C)C=C)cnn2C(F)F)c1. The van der Waals surface area contributed by atoms with E-state index in [-0.39, 0.29) is 23.4 Å². The fourth-order valence-corrected chi connectivity index (χ4v) is 2.61. The molecule has 0 bridgehead atoms. The first-order chi connectivity index (χ1) is 13.8. The summed E-state index contributed by atoms with van der Waals surface area (Å²) in [6.07, 6.45) is 5.86. The lowest BCUT2D eigenvalue weighted by Crippen LogP contribution is -2.26. The molecule has 0 aliphatic rings. The van der Waals surface area contributed by atoms with E-state index in [1.165, 1.54) is 30.6 Å². The van der Waals surface area contributed by atoms with Crippen LogP contribution in [0.3, 0.4) is 0 Å². The van der Waals surface area contributed by atoms with Gasteiger partial charge in [0.2, 0.25) is 5.91 Å². The first-order valence-corrected chi connectivity index (χ1v) is 8.63. The van der Waals surface area contributed by atoms with Crippen molar-refractivity contribution in [2.24, 2.45) is 5.92 Å². The fourth-order valence-electron chi connectivity index (χ4n) is 2.61. The fraction of sp³-hybridized carbons (Fsp3) is 0.263. The van der Waals surface area contributed by atoms with Gasteiger partial charge in [-0.1, -0.05) is 19.1 Å². The van der Waals surface area contributed by atoms with Crippen molar-refractivity contribution < 1.29 is 23.5 Å². The van der Waals surface area contributed by atoms with E-state index < -0.39 is 30.5 Å². The number of carbonyl (C=O) groups excluding carboxylic acids is 1. The Kier molecular flexibility index (Phi) is 7.18. The summed E-state index contributed by atoms with van der Waals surface area (Å²) in [6.45, 7) is 5.78. The second-order valence-electron chi connectivity index (χ2n) is 6.18. The Morgan fingerprint density at radius 1 is 1.31 bits per heavy atom. The molecular formula is C19H21F2N5O3. The molecule has 154 valence electrons. The van der Waals surface area contributed by atoms with Crippen LogP contribution in [-0.4, -0.2) is 31.9 Å². The highest BCUT2D eigenvalue weighted by molar-refractivity contribution is 5.96. The normalized spacial score (nSPS) is 12.8. The number of carbonyl (C=O) groups is 2. The Labute approximate surface area is 165 Å². The van der Waals surface area contributed by atoms with Crippen LogP contribution >= 0.6 is 0 Å². The van der Waals surface area contributed by atoms with Crippen LogP contribution < -0.4 is 10.6 Å². The minimum Gasteiger partial charge on any atom is -0.465 e. The average Bonchev–Trinajstić information content (AvgIpc) is 3.10. The average molecular weight is 405 g/mol. The van der Waals surface area contributed by atoms with Gasteiger partial charge >= 0.3 is 12.6 Å². The Balaban J connectivity index is 2.51. The Morgan fingerprint density at radius 3 is 2.62 bits per heavy atom. The Morgan fingerprint density at radius 2 is 2.03 bits per heavy atom. The predicted octanol–water partition coefficient (Wildman–Crippen LogP) is 3.99. The summed E-state index contributed by atoms with van der Waals surface area (Å²) in [7, 11) is 0. The molecular weight excluding hydrogens is 384 g/mol. The zero-order chi connectivity index (χ0) is 21.6. The van der Waals surface area contributed by atoms with Gasteiger partial charge in [0.05, 0.1) is 29.5 Å². The van der Waals surface area contributed by atoms with Crippen molar-refractivity contribution in [1.82, 2.24) is 20.1 Å². The van der Waals surface area contributed by atoms with Gasteiger partial charge in [0.1, 0.15) is 0 Å². The smallest absolute Gasteiger partial charge is 0.405 e. The Hall–Kier alpha value is -3.56. The molecule has 2 atom stereocenters. The summed E-state index contributed by atoms with van der Waals surface area (Å²) in [4.78, 5) is 27.3. The van der Waals surface area contributed by atoms with Crippen LogP contribution in [0.1, 0.15) is 31.5 Å². The summed E-state index contributed by atoms with van der Waals surface area (Å²) in [6, 6.07) is 0.846. The van der Waals surface area contributed by atoms with Crippen LogP contribution in [-0.2, 0) is 4.79 Å². The summed E-state index contributed by atoms with van der Waals surface area (Å²) >= 11 is 0. The number of hydrogen-bond acceptors (Lipinski definition) is 4. The lowest BCUT2D eigenvalue weighted by atomic mass is 10.0. The van der Waals surface area contributed by atoms with Gasteiger partial charge in [0, 0.05) is 18.0 Å². The van der Waals surface area contributed by atoms with Gasteiger partial charge in [-0.3, -0.25) is 9.78 Å². The van der Waals surface area contributed by atoms with Crippen molar-refractivity contribution >= 4 is 17.7 Å². The van der Waals surface area contributed by atoms with E-state index in [0.717, 1.165) is 6.20 Å². The molecule has 0 saturated carbocycles. The lowest BCUT2D eigenvalue weighted by molar-refractivity contribution is -0.118. The number of aromatic nitrogens is 3. The number of nitrogens with one attached hydrogen (secondary N) is 2. The quantitative estimate of drug-likeness (QED) is 0.547. The van der Waals surface area contributed by atoms with Crippen LogP contribution in [0.15, 0.2) is 50.0 Å². The number of amides is 2. The van der Waals surface area contributed by atoms with Crippen molar-refractivity contribution in [3.63, 3.8) is 0 Å². The lowest BCUT2D eigenvalue weighted by Gasteiger charge is -2.17. The van der Waals surface area contributed by atoms with Crippen LogP contribution in [0.4, 0.5) is 19.3 Å². The highest BCUT2D eigenvalue weighted by Gasteiger charge is 2.23. The highest BCUT2D eigenvalue weighted by Crippen LogP contribution is 2.33. The number of anilines is 1. The van der Waals surface area contributed by atoms with Gasteiger partial charge in [-0.2, -0.15) is 13.9 Å². The van der Waals surface area contributed by atoms with Gasteiger partial charge in [-0.15, -0.1) is 13.2 Å². The molecule has 2 aromatic rings. The van der Waals surface area contributed by atoms with Gasteiger partial charge in [-0.25, -0.2) is 9.48 Å². The third-order valence-electron chi connectivity index (χ3n) is 4.14. The molecule has 0 saturated heterocycles. The third-order valence-corrected chi connectivity index (χ3v) is 4.14. The number of hydrogen-bond donors (Lipinski definition) is 3. The third kappa shape index (κ3) is 5.24. The van der Waals surface area contributed by atoms with E-state index in [0.29, 0.717) is 10.2 Å². The van der Waals surface area contributed by atoms with Crippen molar-refractivity contribution in [1.29, 1.82) is 0 Å². The molecule has 29 heavy (non-hydrogen) atoms. The summed E-state index contributed by atoms with van der Waals surface area (Å²) in [5.41, 5.74) is 0.715. The van der Waals surface area contributed by atoms with Crippen LogP contribution in [0.2, 0.25) is 0 Å². The molecule has 2 amide bonds. The zero-order valence-corrected chi connectivity index (χ0v) is 15.7. The molecule has 0 radical (unpaired) electrons. The molecule has 8 nitrogen and oxygen atoms in total. The topological polar surface area (TPSA) is 109 Å². The second kappa shape index (κ2) is 9.58. The summed E-state index contributed by atoms with van der Waals surface area (Å²) < 4.78 is 27.4. The van der Waals surface area contributed by atoms with E-state index in [1.54, 1.807) is 6.92 Å². The molecule has 2 heterocycles. The first-order valence-electron chi connectivity index (χ1n) is 8.63. The van der Waals surface area contributed by atoms with E-state index in [4.69, 9.17) is 5.11 Å². The Bertz CT molecular complexity index is 913. The molecule has 0 aliphatic carbocycles. The maximum Gasteiger partial charge on any atom is 0.405 e. The minimum absolute atomic E-state index is 0.0494. The predicted molar refractivity (Wildman–Crippen MR) is 103 cm³/mol. The largest absolute Gasteiger partial charge is 0.465 e. The monoisotopic (exact) mass is 405 g/mol. The van der Waals surface area contributed by atoms with Crippen LogP contribution in [0, 0.1) is 5.92 Å². The maximum atomic E-state index is 13.5. The standard InChI is InChI=1S/C19H21F2N5O3/c1-4-6-14(25-19(28)29)12-7-13(9-22-8-12)16-15(10-23-26(16)18(20)21)24-17(27)11(3)5-2/h4-5,7-11,14,18,25H,1-2,6H2,3H3,(H,24,27)(H,28,29)/t11?,14-/m0/s1. The van der Waals surface area contributed by atoms with Crippen molar-refractivity contribution in [2.75, 3.05) is 5.32 Å². The number of pyridine rings is 1.